The molecule has 0 aliphatic heterocycles. The van der Waals surface area contributed by atoms with Crippen LogP contribution in [0.3, 0.4) is 0 Å². The first-order chi connectivity index (χ1) is 10.6. The van der Waals surface area contributed by atoms with E-state index in [4.69, 9.17) is 9.84 Å². The summed E-state index contributed by atoms with van der Waals surface area (Å²) in [6.07, 6.45) is 1.88. The van der Waals surface area contributed by atoms with Crippen molar-refractivity contribution in [3.63, 3.8) is 0 Å². The van der Waals surface area contributed by atoms with E-state index in [1.54, 1.807) is 37.4 Å². The standard InChI is InChI=1S/C16H20N2O3S/c1-3-14(16-17-7-8-22-16)18-15(20)11(2)21-13-6-4-5-12(9-13)10-19/h4-9,11,14,19H,3,10H2,1-2H3,(H,18,20). The second-order valence-corrected chi connectivity index (χ2v) is 5.83. The van der Waals surface area contributed by atoms with Gasteiger partial charge in [0.05, 0.1) is 12.6 Å². The van der Waals surface area contributed by atoms with Crippen LogP contribution in [0.2, 0.25) is 0 Å². The monoisotopic (exact) mass is 320 g/mol. The summed E-state index contributed by atoms with van der Waals surface area (Å²) < 4.78 is 5.64. The van der Waals surface area contributed by atoms with Gasteiger partial charge in [-0.05, 0) is 31.0 Å². The normalized spacial score (nSPS) is 13.4. The maximum absolute atomic E-state index is 12.3. The van der Waals surface area contributed by atoms with Crippen LogP contribution in [0.25, 0.3) is 0 Å². The highest BCUT2D eigenvalue weighted by Gasteiger charge is 2.20. The van der Waals surface area contributed by atoms with E-state index in [-0.39, 0.29) is 18.6 Å². The van der Waals surface area contributed by atoms with Gasteiger partial charge in [-0.25, -0.2) is 4.98 Å². The van der Waals surface area contributed by atoms with Gasteiger partial charge in [-0.1, -0.05) is 19.1 Å². The lowest BCUT2D eigenvalue weighted by Gasteiger charge is -2.19. The minimum atomic E-state index is -0.622. The molecule has 0 saturated heterocycles. The molecule has 6 heteroatoms. The highest BCUT2D eigenvalue weighted by Crippen LogP contribution is 2.20. The lowest BCUT2D eigenvalue weighted by molar-refractivity contribution is -0.128. The van der Waals surface area contributed by atoms with Crippen molar-refractivity contribution >= 4 is 17.2 Å². The van der Waals surface area contributed by atoms with Crippen LogP contribution in [-0.4, -0.2) is 22.1 Å². The van der Waals surface area contributed by atoms with Gasteiger partial charge < -0.3 is 15.2 Å². The Labute approximate surface area is 134 Å². The summed E-state index contributed by atoms with van der Waals surface area (Å²) >= 11 is 1.52. The zero-order valence-corrected chi connectivity index (χ0v) is 13.5. The largest absolute Gasteiger partial charge is 0.481 e. The van der Waals surface area contributed by atoms with Crippen molar-refractivity contribution in [2.24, 2.45) is 0 Å². The van der Waals surface area contributed by atoms with E-state index in [0.717, 1.165) is 17.0 Å². The van der Waals surface area contributed by atoms with Gasteiger partial charge in [-0.15, -0.1) is 11.3 Å². The van der Waals surface area contributed by atoms with Gasteiger partial charge in [0.1, 0.15) is 10.8 Å². The molecule has 2 aromatic rings. The lowest BCUT2D eigenvalue weighted by atomic mass is 10.2. The molecule has 2 unspecified atom stereocenters. The number of aromatic nitrogens is 1. The molecule has 0 saturated carbocycles. The Morgan fingerprint density at radius 1 is 1.50 bits per heavy atom. The molecule has 0 bridgehead atoms. The predicted molar refractivity (Wildman–Crippen MR) is 85.7 cm³/mol. The number of aliphatic hydroxyl groups excluding tert-OH is 1. The number of carbonyl (C=O) groups excluding carboxylic acids is 1. The zero-order valence-electron chi connectivity index (χ0n) is 12.7. The topological polar surface area (TPSA) is 71.5 Å². The van der Waals surface area contributed by atoms with Crippen molar-refractivity contribution in [3.8, 4) is 5.75 Å². The summed E-state index contributed by atoms with van der Waals surface area (Å²) in [6.45, 7) is 3.65. The Kier molecular flexibility index (Phi) is 5.91. The maximum atomic E-state index is 12.3. The molecule has 0 fully saturated rings. The molecule has 0 spiro atoms. The number of carbonyl (C=O) groups is 1. The first-order valence-corrected chi connectivity index (χ1v) is 8.08. The first kappa shape index (κ1) is 16.5. The van der Waals surface area contributed by atoms with Crippen LogP contribution < -0.4 is 10.1 Å². The van der Waals surface area contributed by atoms with Crippen molar-refractivity contribution in [3.05, 3.63) is 46.4 Å². The molecule has 5 nitrogen and oxygen atoms in total. The fraction of sp³-hybridized carbons (Fsp3) is 0.375. The molecule has 22 heavy (non-hydrogen) atoms. The number of nitrogens with zero attached hydrogens (tertiary/aromatic N) is 1. The number of ether oxygens (including phenoxy) is 1. The van der Waals surface area contributed by atoms with E-state index in [0.29, 0.717) is 5.75 Å². The molecule has 0 radical (unpaired) electrons. The van der Waals surface area contributed by atoms with Gasteiger partial charge in [-0.3, -0.25) is 4.79 Å². The quantitative estimate of drug-likeness (QED) is 0.823. The number of rotatable bonds is 7. The number of amides is 1. The van der Waals surface area contributed by atoms with E-state index in [1.807, 2.05) is 12.3 Å². The van der Waals surface area contributed by atoms with Gasteiger partial charge in [0, 0.05) is 11.6 Å². The number of hydrogen-bond acceptors (Lipinski definition) is 5. The summed E-state index contributed by atoms with van der Waals surface area (Å²) in [6, 6.07) is 6.98. The first-order valence-electron chi connectivity index (χ1n) is 7.20. The van der Waals surface area contributed by atoms with Crippen molar-refractivity contribution in [1.29, 1.82) is 0 Å². The molecule has 1 heterocycles. The van der Waals surface area contributed by atoms with Crippen LogP contribution >= 0.6 is 11.3 Å². The molecule has 2 N–H and O–H groups in total. The van der Waals surface area contributed by atoms with Crippen LogP contribution in [0, 0.1) is 0 Å². The van der Waals surface area contributed by atoms with Gasteiger partial charge in [0.2, 0.25) is 0 Å². The molecule has 2 atom stereocenters. The van der Waals surface area contributed by atoms with E-state index in [1.165, 1.54) is 11.3 Å². The molecular weight excluding hydrogens is 300 g/mol. The predicted octanol–water partition coefficient (Wildman–Crippen LogP) is 2.67. The minimum Gasteiger partial charge on any atom is -0.481 e. The summed E-state index contributed by atoms with van der Waals surface area (Å²) in [5.74, 6) is 0.382. The Morgan fingerprint density at radius 2 is 2.32 bits per heavy atom. The van der Waals surface area contributed by atoms with Crippen LogP contribution in [0.1, 0.15) is 36.9 Å². The van der Waals surface area contributed by atoms with Gasteiger partial charge in [-0.2, -0.15) is 0 Å². The zero-order chi connectivity index (χ0) is 15.9. The molecule has 1 aromatic heterocycles. The Hall–Kier alpha value is -1.92. The molecule has 118 valence electrons. The van der Waals surface area contributed by atoms with Crippen LogP contribution in [0.15, 0.2) is 35.8 Å². The second-order valence-electron chi connectivity index (χ2n) is 4.91. The third-order valence-corrected chi connectivity index (χ3v) is 4.13. The minimum absolute atomic E-state index is 0.0558. The number of thiazole rings is 1. The molecule has 1 amide bonds. The van der Waals surface area contributed by atoms with Crippen molar-refractivity contribution in [2.45, 2.75) is 39.0 Å². The maximum Gasteiger partial charge on any atom is 0.261 e. The average Bonchev–Trinajstić information content (AvgIpc) is 3.06. The molecule has 1 aromatic carbocycles. The summed E-state index contributed by atoms with van der Waals surface area (Å²) in [7, 11) is 0. The third-order valence-electron chi connectivity index (χ3n) is 3.24. The Balaban J connectivity index is 1.96. The summed E-state index contributed by atoms with van der Waals surface area (Å²) in [5, 5.41) is 14.9. The van der Waals surface area contributed by atoms with E-state index >= 15 is 0 Å². The Bertz CT molecular complexity index is 601. The van der Waals surface area contributed by atoms with Gasteiger partial charge in [0.15, 0.2) is 6.10 Å². The van der Waals surface area contributed by atoms with Gasteiger partial charge >= 0.3 is 0 Å². The summed E-state index contributed by atoms with van der Waals surface area (Å²) in [5.41, 5.74) is 0.749. The molecule has 0 aliphatic carbocycles. The van der Waals surface area contributed by atoms with E-state index < -0.39 is 6.10 Å². The molecule has 0 aliphatic rings. The lowest BCUT2D eigenvalue weighted by Crippen LogP contribution is -2.38. The van der Waals surface area contributed by atoms with Crippen molar-refractivity contribution in [1.82, 2.24) is 10.3 Å². The highest BCUT2D eigenvalue weighted by molar-refractivity contribution is 7.09. The number of nitrogens with one attached hydrogen (secondary N) is 1. The van der Waals surface area contributed by atoms with Crippen molar-refractivity contribution in [2.75, 3.05) is 0 Å². The highest BCUT2D eigenvalue weighted by atomic mass is 32.1. The van der Waals surface area contributed by atoms with Crippen LogP contribution in [0.5, 0.6) is 5.75 Å². The Morgan fingerprint density at radius 3 is 2.95 bits per heavy atom. The smallest absolute Gasteiger partial charge is 0.261 e. The number of benzene rings is 1. The van der Waals surface area contributed by atoms with Gasteiger partial charge in [0.25, 0.3) is 5.91 Å². The second kappa shape index (κ2) is 7.91. The molecule has 2 rings (SSSR count). The van der Waals surface area contributed by atoms with E-state index in [9.17, 15) is 4.79 Å². The van der Waals surface area contributed by atoms with Crippen LogP contribution in [0.4, 0.5) is 0 Å². The molecular formula is C16H20N2O3S. The fourth-order valence-electron chi connectivity index (χ4n) is 2.01. The summed E-state index contributed by atoms with van der Waals surface area (Å²) in [4.78, 5) is 16.5. The van der Waals surface area contributed by atoms with E-state index in [2.05, 4.69) is 10.3 Å². The van der Waals surface area contributed by atoms with Crippen molar-refractivity contribution < 1.29 is 14.6 Å². The average molecular weight is 320 g/mol. The third kappa shape index (κ3) is 4.29. The number of hydrogen-bond donors (Lipinski definition) is 2. The SMILES string of the molecule is CCC(NC(=O)C(C)Oc1cccc(CO)c1)c1nccs1. The number of aliphatic hydroxyl groups is 1. The fourth-order valence-corrected chi connectivity index (χ4v) is 2.78. The van der Waals surface area contributed by atoms with Crippen LogP contribution in [-0.2, 0) is 11.4 Å².